The highest BCUT2D eigenvalue weighted by atomic mass is 127. The minimum absolute atomic E-state index is 0.111. The number of nitrogens with one attached hydrogen (secondary N) is 1. The Hall–Kier alpha value is -1.89. The van der Waals surface area contributed by atoms with Crippen molar-refractivity contribution in [1.29, 1.82) is 0 Å². The fourth-order valence-corrected chi connectivity index (χ4v) is 2.92. The van der Waals surface area contributed by atoms with Crippen molar-refractivity contribution in [1.82, 2.24) is 0 Å². The second-order valence-electron chi connectivity index (χ2n) is 5.53. The van der Waals surface area contributed by atoms with Gasteiger partial charge in [-0.05, 0) is 71.7 Å². The lowest BCUT2D eigenvalue weighted by Gasteiger charge is -2.10. The topological polar surface area (TPSA) is 55.4 Å². The highest BCUT2D eigenvalue weighted by Gasteiger charge is 2.11. The minimum atomic E-state index is -0.260. The van der Waals surface area contributed by atoms with Crippen molar-refractivity contribution in [3.63, 3.8) is 0 Å². The van der Waals surface area contributed by atoms with Crippen LogP contribution in [0.25, 0.3) is 0 Å². The first-order valence-corrected chi connectivity index (χ1v) is 8.84. The quantitative estimate of drug-likeness (QED) is 0.416. The van der Waals surface area contributed by atoms with Crippen LogP contribution in [0.1, 0.15) is 34.8 Å². The molecular weight excluding hydrogens is 417 g/mol. The highest BCUT2D eigenvalue weighted by molar-refractivity contribution is 14.1. The van der Waals surface area contributed by atoms with E-state index in [0.29, 0.717) is 12.2 Å². The number of rotatable bonds is 6. The summed E-state index contributed by atoms with van der Waals surface area (Å²) in [6.07, 6.45) is 1.55. The molecule has 1 amide bonds. The number of benzene rings is 2. The molecule has 0 spiro atoms. The van der Waals surface area contributed by atoms with Crippen molar-refractivity contribution in [2.24, 2.45) is 0 Å². The number of carbonyl (C=O) groups is 2. The van der Waals surface area contributed by atoms with E-state index in [2.05, 4.69) is 27.9 Å². The van der Waals surface area contributed by atoms with Crippen molar-refractivity contribution < 1.29 is 14.3 Å². The van der Waals surface area contributed by atoms with Crippen LogP contribution in [0.4, 0.5) is 5.69 Å². The summed E-state index contributed by atoms with van der Waals surface area (Å²) in [6, 6.07) is 13.4. The number of carbonyl (C=O) groups excluding carboxylic acids is 2. The van der Waals surface area contributed by atoms with Crippen molar-refractivity contribution in [3.05, 3.63) is 62.7 Å². The van der Waals surface area contributed by atoms with E-state index in [1.165, 1.54) is 6.92 Å². The third kappa shape index (κ3) is 5.33. The largest absolute Gasteiger partial charge is 0.466 e. The molecule has 0 aliphatic heterocycles. The van der Waals surface area contributed by atoms with Crippen LogP contribution in [0, 0.1) is 10.5 Å². The molecule has 0 radical (unpaired) electrons. The number of hydrogen-bond donors (Lipinski definition) is 1. The standard InChI is InChI=1S/C19H20INO3/c1-13-6-3-10-17(18(13)20)19(23)21-16-9-4-7-15(12-16)8-5-11-24-14(2)22/h3-4,6-7,9-10,12H,5,8,11H2,1-2H3,(H,21,23). The van der Waals surface area contributed by atoms with Gasteiger partial charge in [-0.1, -0.05) is 24.3 Å². The van der Waals surface area contributed by atoms with Crippen LogP contribution >= 0.6 is 22.6 Å². The zero-order chi connectivity index (χ0) is 17.5. The summed E-state index contributed by atoms with van der Waals surface area (Å²) in [7, 11) is 0. The number of amides is 1. The van der Waals surface area contributed by atoms with Crippen molar-refractivity contribution in [3.8, 4) is 0 Å². The lowest BCUT2D eigenvalue weighted by atomic mass is 10.1. The normalized spacial score (nSPS) is 10.3. The van der Waals surface area contributed by atoms with Crippen LogP contribution in [0.5, 0.6) is 0 Å². The molecule has 24 heavy (non-hydrogen) atoms. The number of anilines is 1. The second-order valence-corrected chi connectivity index (χ2v) is 6.61. The van der Waals surface area contributed by atoms with E-state index in [1.54, 1.807) is 0 Å². The summed E-state index contributed by atoms with van der Waals surface area (Å²) in [6.45, 7) is 3.80. The summed E-state index contributed by atoms with van der Waals surface area (Å²) < 4.78 is 5.89. The van der Waals surface area contributed by atoms with Gasteiger partial charge in [-0.2, -0.15) is 0 Å². The predicted octanol–water partition coefficient (Wildman–Crippen LogP) is 4.35. The Balaban J connectivity index is 2.00. The van der Waals surface area contributed by atoms with E-state index >= 15 is 0 Å². The third-order valence-electron chi connectivity index (χ3n) is 3.54. The molecule has 5 heteroatoms. The maximum atomic E-state index is 12.5. The number of halogens is 1. The molecular formula is C19H20INO3. The number of aryl methyl sites for hydroxylation is 2. The van der Waals surface area contributed by atoms with Gasteiger partial charge in [0, 0.05) is 16.2 Å². The molecule has 0 aliphatic rings. The Bertz CT molecular complexity index is 743. The van der Waals surface area contributed by atoms with Crippen LogP contribution in [0.15, 0.2) is 42.5 Å². The van der Waals surface area contributed by atoms with Crippen LogP contribution in [-0.2, 0) is 16.0 Å². The number of ether oxygens (including phenoxy) is 1. The molecule has 0 atom stereocenters. The zero-order valence-corrected chi connectivity index (χ0v) is 15.9. The lowest BCUT2D eigenvalue weighted by Crippen LogP contribution is -2.14. The van der Waals surface area contributed by atoms with E-state index in [4.69, 9.17) is 4.74 Å². The summed E-state index contributed by atoms with van der Waals surface area (Å²) in [5.41, 5.74) is 3.62. The maximum Gasteiger partial charge on any atom is 0.302 e. The number of hydrogen-bond acceptors (Lipinski definition) is 3. The van der Waals surface area contributed by atoms with Gasteiger partial charge in [0.1, 0.15) is 0 Å². The van der Waals surface area contributed by atoms with Gasteiger partial charge in [-0.3, -0.25) is 9.59 Å². The van der Waals surface area contributed by atoms with Crippen LogP contribution in [0.2, 0.25) is 0 Å². The van der Waals surface area contributed by atoms with Crippen LogP contribution < -0.4 is 5.32 Å². The van der Waals surface area contributed by atoms with Gasteiger partial charge in [-0.15, -0.1) is 0 Å². The first kappa shape index (κ1) is 18.4. The van der Waals surface area contributed by atoms with E-state index in [9.17, 15) is 9.59 Å². The highest BCUT2D eigenvalue weighted by Crippen LogP contribution is 2.19. The van der Waals surface area contributed by atoms with Gasteiger partial charge < -0.3 is 10.1 Å². The van der Waals surface area contributed by atoms with E-state index < -0.39 is 0 Å². The molecule has 0 aromatic heterocycles. The van der Waals surface area contributed by atoms with Crippen molar-refractivity contribution in [2.75, 3.05) is 11.9 Å². The van der Waals surface area contributed by atoms with Gasteiger partial charge in [0.15, 0.2) is 0 Å². The second kappa shape index (κ2) is 8.82. The fraction of sp³-hybridized carbons (Fsp3) is 0.263. The summed E-state index contributed by atoms with van der Waals surface area (Å²) >= 11 is 2.20. The van der Waals surface area contributed by atoms with Crippen LogP contribution in [0.3, 0.4) is 0 Å². The molecule has 0 bridgehead atoms. The molecule has 0 unspecified atom stereocenters. The lowest BCUT2D eigenvalue weighted by molar-refractivity contribution is -0.141. The average molecular weight is 437 g/mol. The monoisotopic (exact) mass is 437 g/mol. The van der Waals surface area contributed by atoms with E-state index in [-0.39, 0.29) is 11.9 Å². The molecule has 2 aromatic carbocycles. The van der Waals surface area contributed by atoms with Crippen molar-refractivity contribution in [2.45, 2.75) is 26.7 Å². The fourth-order valence-electron chi connectivity index (χ4n) is 2.32. The first-order valence-electron chi connectivity index (χ1n) is 7.76. The predicted molar refractivity (Wildman–Crippen MR) is 103 cm³/mol. The smallest absolute Gasteiger partial charge is 0.302 e. The first-order chi connectivity index (χ1) is 11.5. The van der Waals surface area contributed by atoms with Crippen LogP contribution in [-0.4, -0.2) is 18.5 Å². The molecule has 0 saturated carbocycles. The van der Waals surface area contributed by atoms with Crippen molar-refractivity contribution >= 4 is 40.2 Å². The molecule has 2 rings (SSSR count). The van der Waals surface area contributed by atoms with E-state index in [0.717, 1.165) is 33.2 Å². The Morgan fingerprint density at radius 2 is 1.92 bits per heavy atom. The summed E-state index contributed by atoms with van der Waals surface area (Å²) in [4.78, 5) is 23.2. The average Bonchev–Trinajstić information content (AvgIpc) is 2.54. The van der Waals surface area contributed by atoms with Gasteiger partial charge >= 0.3 is 5.97 Å². The van der Waals surface area contributed by atoms with Gasteiger partial charge in [0.2, 0.25) is 0 Å². The SMILES string of the molecule is CC(=O)OCCCc1cccc(NC(=O)c2cccc(C)c2I)c1. The molecule has 0 saturated heterocycles. The Labute approximate surface area is 155 Å². The summed E-state index contributed by atoms with van der Waals surface area (Å²) in [5.74, 6) is -0.371. The number of esters is 1. The molecule has 0 heterocycles. The Morgan fingerprint density at radius 1 is 1.17 bits per heavy atom. The molecule has 1 N–H and O–H groups in total. The zero-order valence-electron chi connectivity index (χ0n) is 13.8. The van der Waals surface area contributed by atoms with Gasteiger partial charge in [0.05, 0.1) is 12.2 Å². The van der Waals surface area contributed by atoms with Gasteiger partial charge in [-0.25, -0.2) is 0 Å². The minimum Gasteiger partial charge on any atom is -0.466 e. The Kier molecular flexibility index (Phi) is 6.78. The molecule has 0 fully saturated rings. The molecule has 4 nitrogen and oxygen atoms in total. The Morgan fingerprint density at radius 3 is 2.67 bits per heavy atom. The molecule has 0 aliphatic carbocycles. The molecule has 126 valence electrons. The van der Waals surface area contributed by atoms with Gasteiger partial charge in [0.25, 0.3) is 5.91 Å². The third-order valence-corrected chi connectivity index (χ3v) is 4.97. The summed E-state index contributed by atoms with van der Waals surface area (Å²) in [5, 5.41) is 2.95. The molecule has 2 aromatic rings. The van der Waals surface area contributed by atoms with E-state index in [1.807, 2.05) is 49.4 Å². The maximum absolute atomic E-state index is 12.5.